The number of rotatable bonds is 3. The molecule has 0 aliphatic rings. The molecule has 7 heteroatoms. The fourth-order valence-corrected chi connectivity index (χ4v) is 1.43. The van der Waals surface area contributed by atoms with Gasteiger partial charge >= 0.3 is 17.6 Å². The maximum Gasteiger partial charge on any atom is 0.417 e. The molecule has 0 unspecified atom stereocenters. The van der Waals surface area contributed by atoms with Crippen molar-refractivity contribution < 1.29 is 23.1 Å². The highest BCUT2D eigenvalue weighted by Gasteiger charge is 2.38. The Morgan fingerprint density at radius 1 is 1.47 bits per heavy atom. The van der Waals surface area contributed by atoms with Crippen LogP contribution in [0.5, 0.6) is 0 Å². The van der Waals surface area contributed by atoms with Gasteiger partial charge in [0.05, 0.1) is 5.52 Å². The summed E-state index contributed by atoms with van der Waals surface area (Å²) in [6.45, 7) is 0. The van der Waals surface area contributed by atoms with Crippen LogP contribution >= 0.6 is 0 Å². The summed E-state index contributed by atoms with van der Waals surface area (Å²) in [5, 5.41) is 8.29. The van der Waals surface area contributed by atoms with E-state index in [1.54, 1.807) is 0 Å². The summed E-state index contributed by atoms with van der Waals surface area (Å²) < 4.78 is 30.6. The molecule has 1 heterocycles. The standard InChI is InChI=1S/C10H7F2NO4/c11-10(12,8(14)15)4-5-1-2-6-7(3-5)17-9(16)13-6/h1-3H,4H2,(H,13,16)(H,14,15). The summed E-state index contributed by atoms with van der Waals surface area (Å²) in [7, 11) is 0. The molecule has 0 aliphatic heterocycles. The quantitative estimate of drug-likeness (QED) is 0.853. The highest BCUT2D eigenvalue weighted by Crippen LogP contribution is 2.22. The molecule has 0 bridgehead atoms. The topological polar surface area (TPSA) is 83.3 Å². The van der Waals surface area contributed by atoms with Crippen molar-refractivity contribution in [1.29, 1.82) is 0 Å². The van der Waals surface area contributed by atoms with Crippen molar-refractivity contribution in [1.82, 2.24) is 4.98 Å². The van der Waals surface area contributed by atoms with E-state index in [0.29, 0.717) is 5.52 Å². The molecule has 2 N–H and O–H groups in total. The molecule has 0 aliphatic carbocycles. The van der Waals surface area contributed by atoms with E-state index >= 15 is 0 Å². The van der Waals surface area contributed by atoms with E-state index in [4.69, 9.17) is 5.11 Å². The summed E-state index contributed by atoms with van der Waals surface area (Å²) in [6.07, 6.45) is -0.951. The molecule has 17 heavy (non-hydrogen) atoms. The molecule has 5 nitrogen and oxygen atoms in total. The molecule has 0 spiro atoms. The van der Waals surface area contributed by atoms with E-state index in [9.17, 15) is 18.4 Å². The lowest BCUT2D eigenvalue weighted by molar-refractivity contribution is -0.164. The van der Waals surface area contributed by atoms with Gasteiger partial charge in [0.2, 0.25) is 0 Å². The smallest absolute Gasteiger partial charge is 0.417 e. The van der Waals surface area contributed by atoms with Crippen LogP contribution in [0.15, 0.2) is 27.4 Å². The Kier molecular flexibility index (Phi) is 2.45. The highest BCUT2D eigenvalue weighted by atomic mass is 19.3. The molecular weight excluding hydrogens is 236 g/mol. The van der Waals surface area contributed by atoms with Gasteiger partial charge in [-0.15, -0.1) is 0 Å². The number of carboxylic acids is 1. The van der Waals surface area contributed by atoms with Gasteiger partial charge < -0.3 is 9.52 Å². The number of carboxylic acid groups (broad SMARTS) is 1. The van der Waals surface area contributed by atoms with Crippen molar-refractivity contribution in [3.8, 4) is 0 Å². The number of fused-ring (bicyclic) bond motifs is 1. The lowest BCUT2D eigenvalue weighted by Crippen LogP contribution is -2.30. The lowest BCUT2D eigenvalue weighted by Gasteiger charge is -2.10. The highest BCUT2D eigenvalue weighted by molar-refractivity contribution is 5.77. The minimum absolute atomic E-state index is 0.0765. The Labute approximate surface area is 92.7 Å². The molecule has 0 atom stereocenters. The summed E-state index contributed by atoms with van der Waals surface area (Å²) in [6, 6.07) is 3.90. The minimum atomic E-state index is -3.84. The third-order valence-electron chi connectivity index (χ3n) is 2.22. The van der Waals surface area contributed by atoms with E-state index in [2.05, 4.69) is 9.40 Å². The van der Waals surface area contributed by atoms with Crippen molar-refractivity contribution >= 4 is 17.1 Å². The van der Waals surface area contributed by atoms with Crippen LogP contribution in [0, 0.1) is 0 Å². The zero-order chi connectivity index (χ0) is 12.6. The number of oxazole rings is 1. The van der Waals surface area contributed by atoms with E-state index in [0.717, 1.165) is 0 Å². The molecule has 0 fully saturated rings. The number of aromatic amines is 1. The molecule has 1 aromatic carbocycles. The summed E-state index contributed by atoms with van der Waals surface area (Å²) >= 11 is 0. The Hall–Kier alpha value is -2.18. The van der Waals surface area contributed by atoms with Gasteiger partial charge in [0, 0.05) is 6.42 Å². The average Bonchev–Trinajstić information content (AvgIpc) is 2.56. The lowest BCUT2D eigenvalue weighted by atomic mass is 10.1. The number of nitrogens with one attached hydrogen (secondary N) is 1. The third kappa shape index (κ3) is 2.17. The predicted molar refractivity (Wildman–Crippen MR) is 53.1 cm³/mol. The number of aromatic nitrogens is 1. The van der Waals surface area contributed by atoms with Crippen molar-refractivity contribution in [2.45, 2.75) is 12.3 Å². The van der Waals surface area contributed by atoms with Gasteiger partial charge in [-0.2, -0.15) is 8.78 Å². The van der Waals surface area contributed by atoms with Gasteiger partial charge in [-0.3, -0.25) is 4.98 Å². The molecule has 90 valence electrons. The fourth-order valence-electron chi connectivity index (χ4n) is 1.43. The largest absolute Gasteiger partial charge is 0.477 e. The molecule has 0 saturated carbocycles. The molecule has 2 aromatic rings. The van der Waals surface area contributed by atoms with Crippen LogP contribution in [-0.4, -0.2) is 22.0 Å². The number of carbonyl (C=O) groups is 1. The summed E-state index contributed by atoms with van der Waals surface area (Å²) in [4.78, 5) is 23.4. The number of benzene rings is 1. The SMILES string of the molecule is O=C(O)C(F)(F)Cc1ccc2[nH]c(=O)oc2c1. The van der Waals surface area contributed by atoms with Gasteiger partial charge in [0.1, 0.15) is 0 Å². The molecule has 0 saturated heterocycles. The predicted octanol–water partition coefficient (Wildman–Crippen LogP) is 1.38. The monoisotopic (exact) mass is 243 g/mol. The second-order valence-electron chi connectivity index (χ2n) is 3.53. The third-order valence-corrected chi connectivity index (χ3v) is 2.22. The van der Waals surface area contributed by atoms with Gasteiger partial charge in [-0.05, 0) is 17.7 Å². The van der Waals surface area contributed by atoms with Crippen LogP contribution in [0.1, 0.15) is 5.56 Å². The second kappa shape index (κ2) is 3.69. The van der Waals surface area contributed by atoms with Crippen LogP contribution in [-0.2, 0) is 11.2 Å². The Morgan fingerprint density at radius 2 is 2.18 bits per heavy atom. The van der Waals surface area contributed by atoms with Crippen LogP contribution < -0.4 is 5.76 Å². The maximum absolute atomic E-state index is 12.9. The number of hydrogen-bond acceptors (Lipinski definition) is 3. The maximum atomic E-state index is 12.9. The number of halogens is 2. The van der Waals surface area contributed by atoms with Crippen LogP contribution in [0.4, 0.5) is 8.78 Å². The first-order valence-electron chi connectivity index (χ1n) is 4.61. The molecule has 2 rings (SSSR count). The van der Waals surface area contributed by atoms with Crippen molar-refractivity contribution in [2.75, 3.05) is 0 Å². The van der Waals surface area contributed by atoms with Crippen molar-refractivity contribution in [2.24, 2.45) is 0 Å². The van der Waals surface area contributed by atoms with E-state index in [1.165, 1.54) is 18.2 Å². The minimum Gasteiger partial charge on any atom is -0.477 e. The summed E-state index contributed by atoms with van der Waals surface area (Å²) in [5.74, 6) is -6.72. The van der Waals surface area contributed by atoms with Crippen molar-refractivity contribution in [3.05, 3.63) is 34.3 Å². The Morgan fingerprint density at radius 3 is 2.82 bits per heavy atom. The Bertz CT molecular complexity index is 629. The zero-order valence-corrected chi connectivity index (χ0v) is 8.37. The first kappa shape index (κ1) is 11.3. The number of aliphatic carboxylic acids is 1. The van der Waals surface area contributed by atoms with Crippen molar-refractivity contribution in [3.63, 3.8) is 0 Å². The number of H-pyrrole nitrogens is 1. The van der Waals surface area contributed by atoms with Gasteiger partial charge in [0.25, 0.3) is 0 Å². The average molecular weight is 243 g/mol. The fraction of sp³-hybridized carbons (Fsp3) is 0.200. The summed E-state index contributed by atoms with van der Waals surface area (Å²) in [5.41, 5.74) is 0.568. The van der Waals surface area contributed by atoms with E-state index in [-0.39, 0.29) is 11.1 Å². The molecule has 0 amide bonds. The van der Waals surface area contributed by atoms with Crippen LogP contribution in [0.2, 0.25) is 0 Å². The molecular formula is C10H7F2NO4. The van der Waals surface area contributed by atoms with E-state index < -0.39 is 24.1 Å². The van der Waals surface area contributed by atoms with Crippen LogP contribution in [0.3, 0.4) is 0 Å². The van der Waals surface area contributed by atoms with Gasteiger partial charge in [0.15, 0.2) is 5.58 Å². The van der Waals surface area contributed by atoms with Crippen LogP contribution in [0.25, 0.3) is 11.1 Å². The molecule has 1 aromatic heterocycles. The second-order valence-corrected chi connectivity index (χ2v) is 3.53. The Balaban J connectivity index is 2.37. The zero-order valence-electron chi connectivity index (χ0n) is 8.37. The first-order chi connectivity index (χ1) is 7.88. The molecule has 0 radical (unpaired) electrons. The van der Waals surface area contributed by atoms with E-state index in [1.807, 2.05) is 0 Å². The number of hydrogen-bond donors (Lipinski definition) is 2. The van der Waals surface area contributed by atoms with Gasteiger partial charge in [-0.25, -0.2) is 9.59 Å². The number of alkyl halides is 2. The normalized spacial score (nSPS) is 11.9. The van der Waals surface area contributed by atoms with Gasteiger partial charge in [-0.1, -0.05) is 6.07 Å². The first-order valence-corrected chi connectivity index (χ1v) is 4.61.